The van der Waals surface area contributed by atoms with Crippen LogP contribution in [0.2, 0.25) is 10.0 Å². The van der Waals surface area contributed by atoms with E-state index in [1.54, 1.807) is 66.7 Å². The Morgan fingerprint density at radius 1 is 0.950 bits per heavy atom. The van der Waals surface area contributed by atoms with Gasteiger partial charge in [0.1, 0.15) is 22.9 Å². The summed E-state index contributed by atoms with van der Waals surface area (Å²) in [4.78, 5) is 25.1. The van der Waals surface area contributed by atoms with Crippen molar-refractivity contribution in [3.63, 3.8) is 0 Å². The number of carbonyl (C=O) groups is 1. The SMILES string of the molecule is COc1ccc(-c2cc3ccccc3oc2=O)cc1NC(=S)NC(=O)C=Cc1ccc(-c2ccc(Cl)cc2Cl)o1. The standard InChI is InChI=1S/C30H20Cl2N2O5S/c1-37-27-11-6-17(22-14-18-4-2-3-5-25(18)39-29(22)36)15-24(27)33-30(40)34-28(35)13-9-20-8-12-26(38-20)21-10-7-19(31)16-23(21)32/h2-16H,1H3,(H2,33,34,35,40). The Kier molecular flexibility index (Phi) is 8.02. The minimum Gasteiger partial charge on any atom is -0.495 e. The van der Waals surface area contributed by atoms with Crippen molar-refractivity contribution in [2.24, 2.45) is 0 Å². The summed E-state index contributed by atoms with van der Waals surface area (Å²) in [5.74, 6) is 0.959. The quantitative estimate of drug-likeness (QED) is 0.120. The zero-order valence-electron chi connectivity index (χ0n) is 20.9. The lowest BCUT2D eigenvalue weighted by molar-refractivity contribution is -0.115. The maximum atomic E-state index is 12.6. The minimum atomic E-state index is -0.481. The van der Waals surface area contributed by atoms with Crippen molar-refractivity contribution in [2.45, 2.75) is 0 Å². The van der Waals surface area contributed by atoms with E-state index in [1.165, 1.54) is 19.3 Å². The van der Waals surface area contributed by atoms with Crippen molar-refractivity contribution in [1.29, 1.82) is 0 Å². The molecule has 0 aliphatic rings. The van der Waals surface area contributed by atoms with Gasteiger partial charge in [-0.2, -0.15) is 0 Å². The van der Waals surface area contributed by atoms with E-state index in [0.717, 1.165) is 5.39 Å². The van der Waals surface area contributed by atoms with E-state index in [1.807, 2.05) is 12.1 Å². The number of ether oxygens (including phenoxy) is 1. The second-order valence-electron chi connectivity index (χ2n) is 8.50. The Hall–Kier alpha value is -4.37. The van der Waals surface area contributed by atoms with Gasteiger partial charge in [-0.25, -0.2) is 4.79 Å². The van der Waals surface area contributed by atoms with E-state index in [2.05, 4.69) is 10.6 Å². The number of thiocarbonyl (C=S) groups is 1. The first kappa shape index (κ1) is 27.2. The first-order valence-corrected chi connectivity index (χ1v) is 13.0. The normalized spacial score (nSPS) is 11.1. The second-order valence-corrected chi connectivity index (χ2v) is 9.76. The first-order valence-electron chi connectivity index (χ1n) is 11.9. The van der Waals surface area contributed by atoms with Crippen LogP contribution in [0.15, 0.2) is 98.6 Å². The molecule has 0 bridgehead atoms. The molecule has 5 aromatic rings. The Morgan fingerprint density at radius 2 is 1.77 bits per heavy atom. The van der Waals surface area contributed by atoms with Crippen molar-refractivity contribution >= 4 is 69.2 Å². The molecule has 0 saturated heterocycles. The fraction of sp³-hybridized carbons (Fsp3) is 0.0333. The molecule has 200 valence electrons. The summed E-state index contributed by atoms with van der Waals surface area (Å²) < 4.78 is 16.7. The number of benzene rings is 3. The van der Waals surface area contributed by atoms with Crippen LogP contribution in [0.3, 0.4) is 0 Å². The van der Waals surface area contributed by atoms with E-state index in [4.69, 9.17) is 49.0 Å². The molecule has 2 heterocycles. The molecule has 0 aliphatic carbocycles. The average molecular weight is 591 g/mol. The van der Waals surface area contributed by atoms with Gasteiger partial charge < -0.3 is 18.9 Å². The van der Waals surface area contributed by atoms with Crippen LogP contribution < -0.4 is 21.0 Å². The molecular weight excluding hydrogens is 571 g/mol. The first-order chi connectivity index (χ1) is 19.3. The number of nitrogens with one attached hydrogen (secondary N) is 2. The predicted octanol–water partition coefficient (Wildman–Crippen LogP) is 7.56. The van der Waals surface area contributed by atoms with Crippen molar-refractivity contribution in [1.82, 2.24) is 5.32 Å². The van der Waals surface area contributed by atoms with Crippen molar-refractivity contribution in [3.8, 4) is 28.2 Å². The maximum absolute atomic E-state index is 12.6. The highest BCUT2D eigenvalue weighted by atomic mass is 35.5. The Bertz CT molecular complexity index is 1840. The van der Waals surface area contributed by atoms with E-state index < -0.39 is 11.5 Å². The lowest BCUT2D eigenvalue weighted by Gasteiger charge is -2.14. The number of fused-ring (bicyclic) bond motifs is 1. The molecule has 10 heteroatoms. The van der Waals surface area contributed by atoms with Crippen LogP contribution >= 0.6 is 35.4 Å². The average Bonchev–Trinajstić information content (AvgIpc) is 3.40. The summed E-state index contributed by atoms with van der Waals surface area (Å²) >= 11 is 17.5. The number of furan rings is 1. The molecule has 40 heavy (non-hydrogen) atoms. The van der Waals surface area contributed by atoms with Gasteiger partial charge >= 0.3 is 5.63 Å². The van der Waals surface area contributed by atoms with Gasteiger partial charge in [0.05, 0.1) is 23.4 Å². The number of para-hydroxylation sites is 1. The number of halogens is 2. The number of amides is 1. The van der Waals surface area contributed by atoms with Gasteiger partial charge in [0.15, 0.2) is 5.11 Å². The molecule has 2 aromatic heterocycles. The zero-order chi connectivity index (χ0) is 28.2. The van der Waals surface area contributed by atoms with Gasteiger partial charge in [-0.05, 0) is 78.5 Å². The summed E-state index contributed by atoms with van der Waals surface area (Å²) in [7, 11) is 1.50. The summed E-state index contributed by atoms with van der Waals surface area (Å²) in [6.45, 7) is 0. The molecule has 0 saturated carbocycles. The monoisotopic (exact) mass is 590 g/mol. The number of methoxy groups -OCH3 is 1. The third-order valence-corrected chi connectivity index (χ3v) is 6.61. The molecular formula is C30H20Cl2N2O5S. The maximum Gasteiger partial charge on any atom is 0.344 e. The van der Waals surface area contributed by atoms with Gasteiger partial charge in [-0.3, -0.25) is 10.1 Å². The molecule has 0 spiro atoms. The largest absolute Gasteiger partial charge is 0.495 e. The predicted molar refractivity (Wildman–Crippen MR) is 162 cm³/mol. The molecule has 0 fully saturated rings. The number of hydrogen-bond donors (Lipinski definition) is 2. The van der Waals surface area contributed by atoms with Crippen LogP contribution in [0.1, 0.15) is 5.76 Å². The number of carbonyl (C=O) groups excluding carboxylic acids is 1. The Labute approximate surface area is 244 Å². The molecule has 0 atom stereocenters. The van der Waals surface area contributed by atoms with E-state index in [0.29, 0.717) is 55.3 Å². The zero-order valence-corrected chi connectivity index (χ0v) is 23.2. The van der Waals surface area contributed by atoms with E-state index in [-0.39, 0.29) is 5.11 Å². The van der Waals surface area contributed by atoms with Gasteiger partial charge in [-0.15, -0.1) is 0 Å². The molecule has 0 radical (unpaired) electrons. The van der Waals surface area contributed by atoms with Gasteiger partial charge in [0.25, 0.3) is 0 Å². The molecule has 0 unspecified atom stereocenters. The van der Waals surface area contributed by atoms with Crippen molar-refractivity contribution < 1.29 is 18.4 Å². The Morgan fingerprint density at radius 3 is 2.58 bits per heavy atom. The lowest BCUT2D eigenvalue weighted by atomic mass is 10.0. The third-order valence-electron chi connectivity index (χ3n) is 5.86. The van der Waals surface area contributed by atoms with E-state index in [9.17, 15) is 9.59 Å². The topological polar surface area (TPSA) is 93.7 Å². The Balaban J connectivity index is 1.28. The highest BCUT2D eigenvalue weighted by molar-refractivity contribution is 7.80. The minimum absolute atomic E-state index is 0.0312. The van der Waals surface area contributed by atoms with Gasteiger partial charge in [0, 0.05) is 22.0 Å². The van der Waals surface area contributed by atoms with E-state index >= 15 is 0 Å². The number of anilines is 1. The summed E-state index contributed by atoms with van der Waals surface area (Å²) in [5, 5.41) is 7.32. The molecule has 1 amide bonds. The fourth-order valence-corrected chi connectivity index (χ4v) is 4.69. The second kappa shape index (κ2) is 11.8. The molecule has 3 aromatic carbocycles. The van der Waals surface area contributed by atoms with Crippen molar-refractivity contribution in [3.05, 3.63) is 111 Å². The molecule has 7 nitrogen and oxygen atoms in total. The number of rotatable bonds is 6. The van der Waals surface area contributed by atoms with Crippen LogP contribution in [-0.2, 0) is 4.79 Å². The van der Waals surface area contributed by atoms with Crippen LogP contribution in [0, 0.1) is 0 Å². The third kappa shape index (κ3) is 6.10. The van der Waals surface area contributed by atoms with Crippen LogP contribution in [0.25, 0.3) is 39.5 Å². The summed E-state index contributed by atoms with van der Waals surface area (Å²) in [5.41, 5.74) is 2.12. The highest BCUT2D eigenvalue weighted by Gasteiger charge is 2.13. The van der Waals surface area contributed by atoms with Crippen LogP contribution in [0.4, 0.5) is 5.69 Å². The van der Waals surface area contributed by atoms with Crippen LogP contribution in [0.5, 0.6) is 5.75 Å². The van der Waals surface area contributed by atoms with Gasteiger partial charge in [-0.1, -0.05) is 47.5 Å². The summed E-state index contributed by atoms with van der Waals surface area (Å²) in [6, 6.07) is 22.7. The lowest BCUT2D eigenvalue weighted by Crippen LogP contribution is -2.32. The number of hydrogen-bond acceptors (Lipinski definition) is 6. The highest BCUT2D eigenvalue weighted by Crippen LogP contribution is 2.32. The van der Waals surface area contributed by atoms with Crippen molar-refractivity contribution in [2.75, 3.05) is 12.4 Å². The summed E-state index contributed by atoms with van der Waals surface area (Å²) in [6.07, 6.45) is 2.79. The molecule has 2 N–H and O–H groups in total. The van der Waals surface area contributed by atoms with Gasteiger partial charge in [0.2, 0.25) is 5.91 Å². The fourth-order valence-electron chi connectivity index (χ4n) is 3.98. The molecule has 0 aliphatic heterocycles. The van der Waals surface area contributed by atoms with Crippen LogP contribution in [-0.4, -0.2) is 18.1 Å². The molecule has 5 rings (SSSR count). The smallest absolute Gasteiger partial charge is 0.344 e.